The summed E-state index contributed by atoms with van der Waals surface area (Å²) in [5.74, 6) is 1.19. The molecule has 7 nitrogen and oxygen atoms in total. The summed E-state index contributed by atoms with van der Waals surface area (Å²) in [7, 11) is 0. The van der Waals surface area contributed by atoms with Gasteiger partial charge in [-0.2, -0.15) is 0 Å². The van der Waals surface area contributed by atoms with Crippen LogP contribution in [0.25, 0.3) is 0 Å². The predicted octanol–water partition coefficient (Wildman–Crippen LogP) is 0.438. The number of nitrogens with one attached hydrogen (secondary N) is 1. The third-order valence-corrected chi connectivity index (χ3v) is 2.83. The summed E-state index contributed by atoms with van der Waals surface area (Å²) in [5, 5.41) is 0.994. The molecule has 0 aromatic carbocycles. The van der Waals surface area contributed by atoms with E-state index in [0.29, 0.717) is 28.2 Å². The summed E-state index contributed by atoms with van der Waals surface area (Å²) in [6.07, 6.45) is 0.680. The number of aromatic nitrogens is 4. The van der Waals surface area contributed by atoms with Crippen LogP contribution >= 0.6 is 11.8 Å². The predicted molar refractivity (Wildman–Crippen MR) is 69.2 cm³/mol. The van der Waals surface area contributed by atoms with Crippen LogP contribution < -0.4 is 17.0 Å². The molecule has 0 aliphatic heterocycles. The van der Waals surface area contributed by atoms with Crippen molar-refractivity contribution in [2.24, 2.45) is 0 Å². The summed E-state index contributed by atoms with van der Waals surface area (Å²) in [4.78, 5) is 26.2. The Hall–Kier alpha value is -2.09. The van der Waals surface area contributed by atoms with Gasteiger partial charge in [-0.3, -0.25) is 4.79 Å². The molecular weight excluding hydrogens is 252 g/mol. The standard InChI is InChI=1S/C10H12N6OS/c1-2-7-13-6(12)4-9(15-7)18-10-14-5(11)3-8(17)16-10/h3-4H,2H2,1H3,(H2,12,13,15)(H3,11,14,16,17). The Balaban J connectivity index is 2.33. The highest BCUT2D eigenvalue weighted by Gasteiger charge is 2.06. The summed E-state index contributed by atoms with van der Waals surface area (Å²) in [6.45, 7) is 1.93. The molecule has 0 aliphatic rings. The van der Waals surface area contributed by atoms with Crippen molar-refractivity contribution >= 4 is 23.4 Å². The maximum Gasteiger partial charge on any atom is 0.253 e. The Morgan fingerprint density at radius 3 is 2.61 bits per heavy atom. The van der Waals surface area contributed by atoms with Crippen molar-refractivity contribution < 1.29 is 0 Å². The van der Waals surface area contributed by atoms with E-state index in [4.69, 9.17) is 11.5 Å². The van der Waals surface area contributed by atoms with E-state index in [1.807, 2.05) is 6.92 Å². The third-order valence-electron chi connectivity index (χ3n) is 2.03. The molecule has 0 unspecified atom stereocenters. The van der Waals surface area contributed by atoms with E-state index < -0.39 is 0 Å². The number of hydrogen-bond acceptors (Lipinski definition) is 7. The van der Waals surface area contributed by atoms with Crippen LogP contribution in [0.5, 0.6) is 0 Å². The Morgan fingerprint density at radius 1 is 1.22 bits per heavy atom. The van der Waals surface area contributed by atoms with Crippen LogP contribution in [0.15, 0.2) is 27.1 Å². The SMILES string of the molecule is CCc1nc(N)cc(Sc2nc(N)cc(=O)[nH]2)n1. The Morgan fingerprint density at radius 2 is 1.94 bits per heavy atom. The van der Waals surface area contributed by atoms with Crippen molar-refractivity contribution in [3.63, 3.8) is 0 Å². The highest BCUT2D eigenvalue weighted by molar-refractivity contribution is 7.99. The molecule has 0 spiro atoms. The highest BCUT2D eigenvalue weighted by Crippen LogP contribution is 2.23. The number of anilines is 2. The van der Waals surface area contributed by atoms with Crippen LogP contribution in [0.4, 0.5) is 11.6 Å². The van der Waals surface area contributed by atoms with Gasteiger partial charge in [-0.15, -0.1) is 0 Å². The largest absolute Gasteiger partial charge is 0.384 e. The lowest BCUT2D eigenvalue weighted by Crippen LogP contribution is -2.09. The number of nitrogens with zero attached hydrogens (tertiary/aromatic N) is 3. The third kappa shape index (κ3) is 2.98. The molecule has 2 rings (SSSR count). The molecule has 0 atom stereocenters. The van der Waals surface area contributed by atoms with E-state index in [0.717, 1.165) is 0 Å². The normalized spacial score (nSPS) is 10.5. The molecule has 2 aromatic heterocycles. The second kappa shape index (κ2) is 5.05. The number of nitrogen functional groups attached to an aromatic ring is 2. The van der Waals surface area contributed by atoms with E-state index in [9.17, 15) is 4.79 Å². The molecule has 0 radical (unpaired) electrons. The van der Waals surface area contributed by atoms with Gasteiger partial charge in [0.1, 0.15) is 22.5 Å². The van der Waals surface area contributed by atoms with Crippen molar-refractivity contribution in [2.45, 2.75) is 23.5 Å². The molecule has 0 amide bonds. The van der Waals surface area contributed by atoms with Crippen molar-refractivity contribution in [3.05, 3.63) is 28.3 Å². The number of rotatable bonds is 3. The summed E-state index contributed by atoms with van der Waals surface area (Å²) >= 11 is 1.18. The molecule has 94 valence electrons. The first kappa shape index (κ1) is 12.4. The van der Waals surface area contributed by atoms with E-state index in [-0.39, 0.29) is 11.4 Å². The van der Waals surface area contributed by atoms with Crippen LogP contribution in [-0.2, 0) is 6.42 Å². The number of hydrogen-bond donors (Lipinski definition) is 3. The van der Waals surface area contributed by atoms with Gasteiger partial charge in [-0.1, -0.05) is 6.92 Å². The van der Waals surface area contributed by atoms with Crippen LogP contribution in [0, 0.1) is 0 Å². The Bertz CT molecular complexity index is 626. The van der Waals surface area contributed by atoms with Crippen molar-refractivity contribution in [2.75, 3.05) is 11.5 Å². The second-order valence-corrected chi connectivity index (χ2v) is 4.49. The monoisotopic (exact) mass is 264 g/mol. The molecule has 0 fully saturated rings. The van der Waals surface area contributed by atoms with Crippen LogP contribution in [0.1, 0.15) is 12.7 Å². The smallest absolute Gasteiger partial charge is 0.253 e. The van der Waals surface area contributed by atoms with Crippen LogP contribution in [-0.4, -0.2) is 19.9 Å². The van der Waals surface area contributed by atoms with Crippen LogP contribution in [0.2, 0.25) is 0 Å². The average molecular weight is 264 g/mol. The van der Waals surface area contributed by atoms with E-state index in [1.54, 1.807) is 6.07 Å². The highest BCUT2D eigenvalue weighted by atomic mass is 32.2. The van der Waals surface area contributed by atoms with Crippen LogP contribution in [0.3, 0.4) is 0 Å². The molecule has 2 heterocycles. The number of aryl methyl sites for hydroxylation is 1. The maximum absolute atomic E-state index is 11.2. The number of nitrogens with two attached hydrogens (primary N) is 2. The molecule has 2 aromatic rings. The fourth-order valence-electron chi connectivity index (χ4n) is 1.30. The Kier molecular flexibility index (Phi) is 3.47. The van der Waals surface area contributed by atoms with Gasteiger partial charge in [0.2, 0.25) is 0 Å². The lowest BCUT2D eigenvalue weighted by Gasteiger charge is -2.03. The van der Waals surface area contributed by atoms with Crippen molar-refractivity contribution in [1.29, 1.82) is 0 Å². The van der Waals surface area contributed by atoms with Gasteiger partial charge in [-0.25, -0.2) is 15.0 Å². The van der Waals surface area contributed by atoms with E-state index in [2.05, 4.69) is 19.9 Å². The first-order valence-electron chi connectivity index (χ1n) is 5.25. The van der Waals surface area contributed by atoms with Gasteiger partial charge in [0.25, 0.3) is 5.56 Å². The average Bonchev–Trinajstić information content (AvgIpc) is 2.26. The molecule has 0 aliphatic carbocycles. The van der Waals surface area contributed by atoms with Gasteiger partial charge in [0.05, 0.1) is 0 Å². The number of aromatic amines is 1. The van der Waals surface area contributed by atoms with Crippen molar-refractivity contribution in [3.8, 4) is 0 Å². The number of H-pyrrole nitrogens is 1. The topological polar surface area (TPSA) is 124 Å². The molecule has 5 N–H and O–H groups in total. The summed E-state index contributed by atoms with van der Waals surface area (Å²) < 4.78 is 0. The molecule has 18 heavy (non-hydrogen) atoms. The van der Waals surface area contributed by atoms with E-state index >= 15 is 0 Å². The molecule has 0 bridgehead atoms. The quantitative estimate of drug-likeness (QED) is 0.542. The Labute approximate surface area is 107 Å². The zero-order valence-electron chi connectivity index (χ0n) is 9.67. The fraction of sp³-hybridized carbons (Fsp3) is 0.200. The lowest BCUT2D eigenvalue weighted by atomic mass is 10.4. The first-order chi connectivity index (χ1) is 8.56. The molecular formula is C10H12N6OS. The van der Waals surface area contributed by atoms with Gasteiger partial charge >= 0.3 is 0 Å². The molecule has 8 heteroatoms. The van der Waals surface area contributed by atoms with E-state index in [1.165, 1.54) is 17.8 Å². The molecule has 0 saturated carbocycles. The zero-order chi connectivity index (χ0) is 13.1. The lowest BCUT2D eigenvalue weighted by molar-refractivity contribution is 0.886. The first-order valence-corrected chi connectivity index (χ1v) is 6.06. The second-order valence-electron chi connectivity index (χ2n) is 3.48. The molecule has 0 saturated heterocycles. The maximum atomic E-state index is 11.2. The minimum atomic E-state index is -0.303. The van der Waals surface area contributed by atoms with Gasteiger partial charge in [-0.05, 0) is 11.8 Å². The van der Waals surface area contributed by atoms with Gasteiger partial charge < -0.3 is 16.5 Å². The zero-order valence-corrected chi connectivity index (χ0v) is 10.5. The van der Waals surface area contributed by atoms with Gasteiger partial charge in [0, 0.05) is 18.6 Å². The van der Waals surface area contributed by atoms with Crippen molar-refractivity contribution in [1.82, 2.24) is 19.9 Å². The minimum absolute atomic E-state index is 0.166. The fourth-order valence-corrected chi connectivity index (χ4v) is 2.13. The van der Waals surface area contributed by atoms with Gasteiger partial charge in [0.15, 0.2) is 5.16 Å². The minimum Gasteiger partial charge on any atom is -0.384 e. The summed E-state index contributed by atoms with van der Waals surface area (Å²) in [6, 6.07) is 2.84. The summed E-state index contributed by atoms with van der Waals surface area (Å²) in [5.41, 5.74) is 10.9.